The molecule has 0 unspecified atom stereocenters. The fourth-order valence-electron chi connectivity index (χ4n) is 3.66. The van der Waals surface area contributed by atoms with Crippen LogP contribution in [0.3, 0.4) is 0 Å². The van der Waals surface area contributed by atoms with Gasteiger partial charge in [0.15, 0.2) is 5.41 Å². The van der Waals surface area contributed by atoms with Crippen LogP contribution in [-0.2, 0) is 35.2 Å². The number of unbranched alkanes of at least 4 members (excludes halogenated alkanes) is 4. The predicted octanol–water partition coefficient (Wildman–Crippen LogP) is 6.40. The Morgan fingerprint density at radius 2 is 1.29 bits per heavy atom. The molecule has 0 spiro atoms. The number of rotatable bonds is 12. The molecule has 0 saturated heterocycles. The molecule has 0 aliphatic carbocycles. The third-order valence-electron chi connectivity index (χ3n) is 5.52. The van der Waals surface area contributed by atoms with Crippen molar-refractivity contribution >= 4 is 17.9 Å². The molecule has 34 heavy (non-hydrogen) atoms. The molecule has 1 aromatic rings. The molecule has 0 radical (unpaired) electrons. The van der Waals surface area contributed by atoms with Crippen LogP contribution in [0.25, 0.3) is 0 Å². The van der Waals surface area contributed by atoms with Gasteiger partial charge in [-0.2, -0.15) is 0 Å². The van der Waals surface area contributed by atoms with Crippen LogP contribution >= 0.6 is 0 Å². The van der Waals surface area contributed by atoms with Gasteiger partial charge >= 0.3 is 17.9 Å². The maximum atomic E-state index is 13.6. The van der Waals surface area contributed by atoms with E-state index in [1.54, 1.807) is 48.5 Å². The predicted molar refractivity (Wildman–Crippen MR) is 133 cm³/mol. The number of hydrogen-bond acceptors (Lipinski definition) is 6. The quantitative estimate of drug-likeness (QED) is 0.150. The lowest BCUT2D eigenvalue weighted by Gasteiger charge is -2.37. The average molecular weight is 477 g/mol. The maximum absolute atomic E-state index is 13.6. The monoisotopic (exact) mass is 476 g/mol. The number of carbonyl (C=O) groups is 3. The highest BCUT2D eigenvalue weighted by molar-refractivity contribution is 6.04. The fourth-order valence-corrected chi connectivity index (χ4v) is 3.66. The topological polar surface area (TPSA) is 78.9 Å². The second kappa shape index (κ2) is 12.9. The maximum Gasteiger partial charge on any atom is 0.324 e. The first-order chi connectivity index (χ1) is 15.7. The summed E-state index contributed by atoms with van der Waals surface area (Å²) < 4.78 is 17.0. The highest BCUT2D eigenvalue weighted by Crippen LogP contribution is 2.40. The van der Waals surface area contributed by atoms with E-state index in [1.807, 2.05) is 30.3 Å². The molecule has 0 aromatic heterocycles. The Labute approximate surface area is 205 Å². The second-order valence-corrected chi connectivity index (χ2v) is 11.0. The van der Waals surface area contributed by atoms with Crippen LogP contribution in [-0.4, -0.2) is 29.1 Å². The van der Waals surface area contributed by atoms with E-state index >= 15 is 0 Å². The van der Waals surface area contributed by atoms with Crippen LogP contribution in [0, 0.1) is 11.3 Å². The second-order valence-electron chi connectivity index (χ2n) is 11.0. The Balaban J connectivity index is 3.31. The molecular weight excluding hydrogens is 432 g/mol. The highest BCUT2D eigenvalue weighted by Gasteiger charge is 2.57. The first-order valence-electron chi connectivity index (χ1n) is 12.4. The molecule has 6 nitrogen and oxygen atoms in total. The van der Waals surface area contributed by atoms with Gasteiger partial charge in [0.05, 0.1) is 5.92 Å². The van der Waals surface area contributed by atoms with Crippen LogP contribution in [0.5, 0.6) is 0 Å². The fraction of sp³-hybridized carbons (Fsp3) is 0.679. The van der Waals surface area contributed by atoms with Crippen molar-refractivity contribution in [2.24, 2.45) is 11.3 Å². The summed E-state index contributed by atoms with van der Waals surface area (Å²) in [5.41, 5.74) is -2.64. The SMILES string of the molecule is CCCCCCCC(C(=O)OC(C)(C)C)(C(=O)OC(C)(C)C)[C@H](C)C(=O)OCc1ccccc1. The molecule has 0 N–H and O–H groups in total. The summed E-state index contributed by atoms with van der Waals surface area (Å²) >= 11 is 0. The lowest BCUT2D eigenvalue weighted by molar-refractivity contribution is -0.195. The largest absolute Gasteiger partial charge is 0.461 e. The lowest BCUT2D eigenvalue weighted by Crippen LogP contribution is -2.52. The van der Waals surface area contributed by atoms with Gasteiger partial charge < -0.3 is 14.2 Å². The number of carbonyl (C=O) groups excluding carboxylic acids is 3. The summed E-state index contributed by atoms with van der Waals surface area (Å²) in [7, 11) is 0. The van der Waals surface area contributed by atoms with Gasteiger partial charge in [0.25, 0.3) is 0 Å². The van der Waals surface area contributed by atoms with Crippen molar-refractivity contribution in [3.63, 3.8) is 0 Å². The minimum Gasteiger partial charge on any atom is -0.461 e. The molecule has 1 rings (SSSR count). The normalized spacial score (nSPS) is 13.2. The van der Waals surface area contributed by atoms with Crippen LogP contribution in [0.2, 0.25) is 0 Å². The van der Waals surface area contributed by atoms with E-state index in [9.17, 15) is 14.4 Å². The van der Waals surface area contributed by atoms with Crippen molar-refractivity contribution in [3.05, 3.63) is 35.9 Å². The summed E-state index contributed by atoms with van der Waals surface area (Å²) in [4.78, 5) is 40.4. The summed E-state index contributed by atoms with van der Waals surface area (Å²) in [6.07, 6.45) is 4.72. The molecule has 0 amide bonds. The zero-order valence-corrected chi connectivity index (χ0v) is 22.4. The molecule has 0 aliphatic rings. The van der Waals surface area contributed by atoms with E-state index in [-0.39, 0.29) is 13.0 Å². The third kappa shape index (κ3) is 9.47. The number of hydrogen-bond donors (Lipinski definition) is 0. The minimum absolute atomic E-state index is 0.0548. The van der Waals surface area contributed by atoms with Crippen LogP contribution in [0.1, 0.15) is 99.5 Å². The first-order valence-corrected chi connectivity index (χ1v) is 12.4. The summed E-state index contributed by atoms with van der Waals surface area (Å²) in [6, 6.07) is 9.28. The molecule has 1 atom stereocenters. The van der Waals surface area contributed by atoms with Crippen molar-refractivity contribution in [2.45, 2.75) is 112 Å². The van der Waals surface area contributed by atoms with E-state index in [4.69, 9.17) is 14.2 Å². The number of ether oxygens (including phenoxy) is 3. The highest BCUT2D eigenvalue weighted by atomic mass is 16.6. The molecule has 192 valence electrons. The van der Waals surface area contributed by atoms with E-state index in [1.165, 1.54) is 0 Å². The molecule has 0 saturated carbocycles. The van der Waals surface area contributed by atoms with E-state index in [0.717, 1.165) is 31.2 Å². The van der Waals surface area contributed by atoms with Gasteiger partial charge in [-0.25, -0.2) is 0 Å². The Kier molecular flexibility index (Phi) is 11.3. The average Bonchev–Trinajstić information content (AvgIpc) is 2.72. The van der Waals surface area contributed by atoms with E-state index in [2.05, 4.69) is 6.92 Å². The van der Waals surface area contributed by atoms with Gasteiger partial charge in [0.1, 0.15) is 17.8 Å². The zero-order chi connectivity index (χ0) is 26.0. The molecule has 0 aliphatic heterocycles. The van der Waals surface area contributed by atoms with Gasteiger partial charge in [-0.3, -0.25) is 14.4 Å². The molecule has 1 aromatic carbocycles. The Hall–Kier alpha value is -2.37. The minimum atomic E-state index is -1.79. The standard InChI is InChI=1S/C28H44O6/c1-9-10-11-12-16-19-28(24(30)33-26(3,4)5,25(31)34-27(6,7)8)21(2)23(29)32-20-22-17-14-13-15-18-22/h13-15,17-18,21H,9-12,16,19-20H2,1-8H3/t21-/m1/s1. The van der Waals surface area contributed by atoms with Gasteiger partial charge in [-0.15, -0.1) is 0 Å². The molecular formula is C28H44O6. The summed E-state index contributed by atoms with van der Waals surface area (Å²) in [5, 5.41) is 0. The lowest BCUT2D eigenvalue weighted by atomic mass is 9.71. The Morgan fingerprint density at radius 3 is 1.76 bits per heavy atom. The van der Waals surface area contributed by atoms with Gasteiger partial charge in [0.2, 0.25) is 0 Å². The molecule has 0 bridgehead atoms. The summed E-state index contributed by atoms with van der Waals surface area (Å²) in [6.45, 7) is 14.2. The van der Waals surface area contributed by atoms with Crippen molar-refractivity contribution in [1.82, 2.24) is 0 Å². The number of esters is 3. The van der Waals surface area contributed by atoms with E-state index in [0.29, 0.717) is 6.42 Å². The third-order valence-corrected chi connectivity index (χ3v) is 5.52. The van der Waals surface area contributed by atoms with Crippen molar-refractivity contribution in [2.75, 3.05) is 0 Å². The first kappa shape index (κ1) is 29.7. The summed E-state index contributed by atoms with van der Waals surface area (Å²) in [5.74, 6) is -3.19. The smallest absolute Gasteiger partial charge is 0.324 e. The molecule has 0 heterocycles. The molecule has 0 fully saturated rings. The molecule has 6 heteroatoms. The van der Waals surface area contributed by atoms with E-state index < -0.39 is 40.4 Å². The van der Waals surface area contributed by atoms with Crippen molar-refractivity contribution in [3.8, 4) is 0 Å². The van der Waals surface area contributed by atoms with Crippen LogP contribution in [0.15, 0.2) is 30.3 Å². The van der Waals surface area contributed by atoms with Crippen molar-refractivity contribution < 1.29 is 28.6 Å². The zero-order valence-electron chi connectivity index (χ0n) is 22.4. The number of benzene rings is 1. The van der Waals surface area contributed by atoms with Gasteiger partial charge in [-0.05, 0) is 53.5 Å². The Bertz CT molecular complexity index is 757. The van der Waals surface area contributed by atoms with Gasteiger partial charge in [-0.1, -0.05) is 76.3 Å². The Morgan fingerprint density at radius 1 is 0.794 bits per heavy atom. The van der Waals surface area contributed by atoms with Crippen LogP contribution in [0.4, 0.5) is 0 Å². The van der Waals surface area contributed by atoms with Crippen LogP contribution < -0.4 is 0 Å². The van der Waals surface area contributed by atoms with Gasteiger partial charge in [0, 0.05) is 0 Å². The van der Waals surface area contributed by atoms with Crippen molar-refractivity contribution in [1.29, 1.82) is 0 Å².